The molecule has 0 aliphatic carbocycles. The van der Waals surface area contributed by atoms with Crippen LogP contribution in [0.3, 0.4) is 0 Å². The fourth-order valence-electron chi connectivity index (χ4n) is 7.25. The van der Waals surface area contributed by atoms with Crippen molar-refractivity contribution in [3.05, 3.63) is 173 Å². The first-order valence-corrected chi connectivity index (χ1v) is 22.7. The van der Waals surface area contributed by atoms with Crippen molar-refractivity contribution in [1.29, 1.82) is 0 Å². The minimum Gasteiger partial charge on any atom is -0.508 e. The van der Waals surface area contributed by atoms with Crippen molar-refractivity contribution in [3.63, 3.8) is 0 Å². The standard InChI is InChI=1S/C48H50O4S.C6H14/c1-8-48(7,9-2)40-20-18-38(19-21-40)46(3,4)36-14-10-34(11-15-36)35-12-16-37(17-13-35)47(5,6)39-22-26-42(27-23-39)52-43-28-32-45(33-29-43)53(50,51)44-30-24-41(49)25-31-44;1-4-6(3)5-2/h10-33,49H,8-9H2,1-7H3;6H,4-5H2,1-3H3. The predicted octanol–water partition coefficient (Wildman–Crippen LogP) is 14.9. The second-order valence-corrected chi connectivity index (χ2v) is 19.2. The van der Waals surface area contributed by atoms with Gasteiger partial charge in [0.25, 0.3) is 0 Å². The normalized spacial score (nSPS) is 12.2. The molecule has 310 valence electrons. The Balaban J connectivity index is 0.00000102. The third kappa shape index (κ3) is 10.4. The lowest BCUT2D eigenvalue weighted by atomic mass is 9.74. The molecule has 0 heterocycles. The quantitative estimate of drug-likeness (QED) is 0.119. The lowest BCUT2D eigenvalue weighted by Gasteiger charge is -2.30. The maximum absolute atomic E-state index is 13.0. The molecule has 4 nitrogen and oxygen atoms in total. The zero-order valence-electron chi connectivity index (χ0n) is 36.8. The number of phenols is 1. The molecular weight excluding hydrogens is 745 g/mol. The summed E-state index contributed by atoms with van der Waals surface area (Å²) in [5.74, 6) is 2.15. The van der Waals surface area contributed by atoms with Crippen LogP contribution in [-0.4, -0.2) is 13.5 Å². The van der Waals surface area contributed by atoms with Gasteiger partial charge in [-0.2, -0.15) is 0 Å². The first-order valence-electron chi connectivity index (χ1n) is 21.2. The van der Waals surface area contributed by atoms with Crippen LogP contribution in [0, 0.1) is 5.92 Å². The highest BCUT2D eigenvalue weighted by Crippen LogP contribution is 2.38. The number of benzene rings is 6. The van der Waals surface area contributed by atoms with Crippen molar-refractivity contribution in [2.24, 2.45) is 5.92 Å². The average molecular weight is 809 g/mol. The van der Waals surface area contributed by atoms with Crippen molar-refractivity contribution < 1.29 is 18.3 Å². The van der Waals surface area contributed by atoms with Gasteiger partial charge in [-0.15, -0.1) is 0 Å². The molecule has 0 radical (unpaired) electrons. The Morgan fingerprint density at radius 2 is 0.780 bits per heavy atom. The van der Waals surface area contributed by atoms with Gasteiger partial charge < -0.3 is 9.84 Å². The van der Waals surface area contributed by atoms with Crippen molar-refractivity contribution in [2.45, 2.75) is 121 Å². The number of phenolic OH excluding ortho intramolecular Hbond substituents is 1. The maximum atomic E-state index is 13.0. The SMILES string of the molecule is CCC(C)(CC)c1ccc(C(C)(C)c2ccc(-c3ccc(C(C)(C)c4ccc(Oc5ccc(S(=O)(=O)c6ccc(O)cc6)cc5)cc4)cc3)cc2)cc1.CCC(C)CC. The Labute approximate surface area is 355 Å². The lowest BCUT2D eigenvalue weighted by Crippen LogP contribution is -2.21. The summed E-state index contributed by atoms with van der Waals surface area (Å²) >= 11 is 0. The molecule has 0 bridgehead atoms. The summed E-state index contributed by atoms with van der Waals surface area (Å²) in [5.41, 5.74) is 8.65. The summed E-state index contributed by atoms with van der Waals surface area (Å²) in [6, 6.07) is 47.0. The predicted molar refractivity (Wildman–Crippen MR) is 247 cm³/mol. The zero-order valence-corrected chi connectivity index (χ0v) is 37.7. The molecule has 6 rings (SSSR count). The van der Waals surface area contributed by atoms with Gasteiger partial charge in [0.2, 0.25) is 9.84 Å². The Morgan fingerprint density at radius 3 is 1.12 bits per heavy atom. The fraction of sp³-hybridized carbons (Fsp3) is 0.333. The Bertz CT molecular complexity index is 2330. The molecule has 0 amide bonds. The molecule has 6 aromatic rings. The van der Waals surface area contributed by atoms with Crippen LogP contribution in [0.1, 0.15) is 123 Å². The first kappa shape index (κ1) is 45.0. The van der Waals surface area contributed by atoms with E-state index in [1.165, 1.54) is 82.6 Å². The van der Waals surface area contributed by atoms with E-state index in [4.69, 9.17) is 4.74 Å². The Morgan fingerprint density at radius 1 is 0.475 bits per heavy atom. The van der Waals surface area contributed by atoms with E-state index in [-0.39, 0.29) is 31.8 Å². The number of hydrogen-bond acceptors (Lipinski definition) is 4. The van der Waals surface area contributed by atoms with Crippen LogP contribution in [0.2, 0.25) is 0 Å². The number of sulfone groups is 1. The van der Waals surface area contributed by atoms with E-state index in [2.05, 4.69) is 154 Å². The van der Waals surface area contributed by atoms with Gasteiger partial charge in [0.1, 0.15) is 17.2 Å². The van der Waals surface area contributed by atoms with E-state index in [0.29, 0.717) is 11.5 Å². The van der Waals surface area contributed by atoms with Crippen LogP contribution >= 0.6 is 0 Å². The molecule has 5 heteroatoms. The molecule has 59 heavy (non-hydrogen) atoms. The largest absolute Gasteiger partial charge is 0.508 e. The van der Waals surface area contributed by atoms with Gasteiger partial charge in [-0.1, -0.05) is 167 Å². The molecule has 0 unspecified atom stereocenters. The molecule has 0 spiro atoms. The van der Waals surface area contributed by atoms with Crippen molar-refractivity contribution >= 4 is 9.84 Å². The number of aromatic hydroxyl groups is 1. The number of rotatable bonds is 14. The molecule has 0 fully saturated rings. The molecule has 0 aromatic heterocycles. The highest BCUT2D eigenvalue weighted by molar-refractivity contribution is 7.91. The minimum absolute atomic E-state index is 0.0149. The van der Waals surface area contributed by atoms with Crippen LogP contribution in [-0.2, 0) is 26.1 Å². The van der Waals surface area contributed by atoms with Crippen molar-refractivity contribution in [3.8, 4) is 28.4 Å². The summed E-state index contributed by atoms with van der Waals surface area (Å²) in [7, 11) is -3.70. The van der Waals surface area contributed by atoms with E-state index >= 15 is 0 Å². The van der Waals surface area contributed by atoms with Gasteiger partial charge in [-0.3, -0.25) is 0 Å². The average Bonchev–Trinajstić information content (AvgIpc) is 3.26. The van der Waals surface area contributed by atoms with Crippen molar-refractivity contribution in [2.75, 3.05) is 0 Å². The van der Waals surface area contributed by atoms with Gasteiger partial charge in [-0.05, 0) is 124 Å². The van der Waals surface area contributed by atoms with E-state index in [1.54, 1.807) is 12.1 Å². The van der Waals surface area contributed by atoms with E-state index < -0.39 is 9.84 Å². The van der Waals surface area contributed by atoms with Crippen LogP contribution in [0.15, 0.2) is 155 Å². The van der Waals surface area contributed by atoms with E-state index in [1.807, 2.05) is 12.1 Å². The zero-order chi connectivity index (χ0) is 43.0. The number of ether oxygens (including phenoxy) is 1. The summed E-state index contributed by atoms with van der Waals surface area (Å²) in [5, 5.41) is 9.51. The van der Waals surface area contributed by atoms with E-state index in [0.717, 1.165) is 24.3 Å². The monoisotopic (exact) mass is 808 g/mol. The number of hydrogen-bond donors (Lipinski definition) is 1. The Hall–Kier alpha value is -5.13. The molecule has 1 N–H and O–H groups in total. The highest BCUT2D eigenvalue weighted by atomic mass is 32.2. The van der Waals surface area contributed by atoms with Crippen LogP contribution in [0.4, 0.5) is 0 Å². The van der Waals surface area contributed by atoms with Crippen molar-refractivity contribution in [1.82, 2.24) is 0 Å². The summed E-state index contributed by atoms with van der Waals surface area (Å²) in [4.78, 5) is 0.275. The molecule has 0 aliphatic heterocycles. The summed E-state index contributed by atoms with van der Waals surface area (Å²) in [6.45, 7) is 22.7. The molecule has 6 aromatic carbocycles. The van der Waals surface area contributed by atoms with Gasteiger partial charge in [-0.25, -0.2) is 8.42 Å². The molecule has 0 saturated carbocycles. The van der Waals surface area contributed by atoms with Gasteiger partial charge in [0.15, 0.2) is 0 Å². The van der Waals surface area contributed by atoms with Crippen LogP contribution in [0.25, 0.3) is 11.1 Å². The summed E-state index contributed by atoms with van der Waals surface area (Å²) < 4.78 is 32.0. The Kier molecular flexibility index (Phi) is 14.4. The van der Waals surface area contributed by atoms with Gasteiger partial charge in [0.05, 0.1) is 9.79 Å². The molecular formula is C54H64O4S. The maximum Gasteiger partial charge on any atom is 0.206 e. The molecule has 0 atom stereocenters. The smallest absolute Gasteiger partial charge is 0.206 e. The van der Waals surface area contributed by atoms with Gasteiger partial charge >= 0.3 is 0 Å². The second-order valence-electron chi connectivity index (χ2n) is 17.3. The summed E-state index contributed by atoms with van der Waals surface area (Å²) in [6.07, 6.45) is 4.93. The topological polar surface area (TPSA) is 63.6 Å². The molecule has 0 saturated heterocycles. The van der Waals surface area contributed by atoms with Gasteiger partial charge in [0, 0.05) is 10.8 Å². The fourth-order valence-corrected chi connectivity index (χ4v) is 8.51. The van der Waals surface area contributed by atoms with Crippen LogP contribution < -0.4 is 4.74 Å². The first-order chi connectivity index (χ1) is 28.0. The third-order valence-corrected chi connectivity index (χ3v) is 14.7. The van der Waals surface area contributed by atoms with Crippen LogP contribution in [0.5, 0.6) is 17.2 Å². The van der Waals surface area contributed by atoms with E-state index in [9.17, 15) is 13.5 Å². The minimum atomic E-state index is -3.70. The highest BCUT2D eigenvalue weighted by Gasteiger charge is 2.27. The second kappa shape index (κ2) is 18.8. The lowest BCUT2D eigenvalue weighted by molar-refractivity contribution is 0.438. The third-order valence-electron chi connectivity index (χ3n) is 12.9. The molecule has 0 aliphatic rings.